The van der Waals surface area contributed by atoms with Gasteiger partial charge in [-0.05, 0) is 25.5 Å². The molecule has 1 heterocycles. The van der Waals surface area contributed by atoms with Crippen molar-refractivity contribution >= 4 is 21.6 Å². The first-order valence-electron chi connectivity index (χ1n) is 7.51. The third kappa shape index (κ3) is 5.34. The molecule has 0 saturated heterocycles. The summed E-state index contributed by atoms with van der Waals surface area (Å²) in [6.45, 7) is 2.74. The van der Waals surface area contributed by atoms with Crippen molar-refractivity contribution in [1.82, 2.24) is 20.3 Å². The molecule has 0 aliphatic heterocycles. The summed E-state index contributed by atoms with van der Waals surface area (Å²) in [5.74, 6) is -0.348. The highest BCUT2D eigenvalue weighted by atomic mass is 32.2. The SMILES string of the molecule is Cc1ccc(N(CC(=O)NCCCn2ccnn2)S(C)(=O)=O)cc1. The van der Waals surface area contributed by atoms with E-state index in [2.05, 4.69) is 15.6 Å². The predicted molar refractivity (Wildman–Crippen MR) is 91.0 cm³/mol. The fourth-order valence-corrected chi connectivity index (χ4v) is 2.97. The molecule has 24 heavy (non-hydrogen) atoms. The smallest absolute Gasteiger partial charge is 0.240 e. The first kappa shape index (κ1) is 17.9. The summed E-state index contributed by atoms with van der Waals surface area (Å²) in [6, 6.07) is 7.00. The van der Waals surface area contributed by atoms with Crippen LogP contribution >= 0.6 is 0 Å². The summed E-state index contributed by atoms with van der Waals surface area (Å²) in [6.07, 6.45) is 5.10. The molecule has 0 radical (unpaired) electrons. The Kier molecular flexibility index (Phi) is 5.91. The van der Waals surface area contributed by atoms with Crippen LogP contribution in [0.25, 0.3) is 0 Å². The fraction of sp³-hybridized carbons (Fsp3) is 0.400. The lowest BCUT2D eigenvalue weighted by atomic mass is 10.2. The Bertz CT molecular complexity index is 757. The van der Waals surface area contributed by atoms with Crippen LogP contribution in [0.1, 0.15) is 12.0 Å². The number of nitrogens with one attached hydrogen (secondary N) is 1. The van der Waals surface area contributed by atoms with E-state index in [1.165, 1.54) is 0 Å². The van der Waals surface area contributed by atoms with Crippen molar-refractivity contribution < 1.29 is 13.2 Å². The zero-order valence-electron chi connectivity index (χ0n) is 13.7. The molecule has 0 fully saturated rings. The predicted octanol–water partition coefficient (Wildman–Crippen LogP) is 0.559. The number of nitrogens with zero attached hydrogens (tertiary/aromatic N) is 4. The summed E-state index contributed by atoms with van der Waals surface area (Å²) in [5.41, 5.74) is 1.49. The molecule has 9 heteroatoms. The molecule has 2 rings (SSSR count). The third-order valence-corrected chi connectivity index (χ3v) is 4.51. The summed E-state index contributed by atoms with van der Waals surface area (Å²) < 4.78 is 26.7. The van der Waals surface area contributed by atoms with Gasteiger partial charge >= 0.3 is 0 Å². The Balaban J connectivity index is 1.89. The van der Waals surface area contributed by atoms with Gasteiger partial charge < -0.3 is 5.32 Å². The van der Waals surface area contributed by atoms with Crippen molar-refractivity contribution in [3.05, 3.63) is 42.2 Å². The minimum Gasteiger partial charge on any atom is -0.354 e. The molecular formula is C15H21N5O3S. The quantitative estimate of drug-likeness (QED) is 0.701. The number of carbonyl (C=O) groups excluding carboxylic acids is 1. The van der Waals surface area contributed by atoms with Crippen molar-refractivity contribution in [1.29, 1.82) is 0 Å². The summed E-state index contributed by atoms with van der Waals surface area (Å²) in [5, 5.41) is 10.2. The standard InChI is InChI=1S/C15H21N5O3S/c1-13-4-6-14(7-5-13)20(24(2,22)23)12-15(21)16-8-3-10-19-11-9-17-18-19/h4-7,9,11H,3,8,10,12H2,1-2H3,(H,16,21). The lowest BCUT2D eigenvalue weighted by Crippen LogP contribution is -2.40. The van der Waals surface area contributed by atoms with Gasteiger partial charge in [0.2, 0.25) is 15.9 Å². The van der Waals surface area contributed by atoms with Crippen LogP contribution in [0, 0.1) is 6.92 Å². The van der Waals surface area contributed by atoms with E-state index in [1.54, 1.807) is 29.2 Å². The maximum atomic E-state index is 12.0. The van der Waals surface area contributed by atoms with Gasteiger partial charge in [0.15, 0.2) is 0 Å². The average molecular weight is 351 g/mol. The van der Waals surface area contributed by atoms with E-state index in [0.29, 0.717) is 25.2 Å². The van der Waals surface area contributed by atoms with Gasteiger partial charge in [-0.3, -0.25) is 13.8 Å². The number of anilines is 1. The van der Waals surface area contributed by atoms with Crippen LogP contribution in [0.3, 0.4) is 0 Å². The second-order valence-corrected chi connectivity index (χ2v) is 7.38. The van der Waals surface area contributed by atoms with Crippen LogP contribution in [-0.2, 0) is 21.4 Å². The number of aryl methyl sites for hydroxylation is 2. The fourth-order valence-electron chi connectivity index (χ4n) is 2.12. The normalized spacial score (nSPS) is 11.2. The Morgan fingerprint density at radius 3 is 2.58 bits per heavy atom. The molecule has 0 unspecified atom stereocenters. The van der Waals surface area contributed by atoms with E-state index < -0.39 is 10.0 Å². The lowest BCUT2D eigenvalue weighted by molar-refractivity contribution is -0.119. The molecule has 1 N–H and O–H groups in total. The molecule has 0 saturated carbocycles. The van der Waals surface area contributed by atoms with Gasteiger partial charge in [-0.25, -0.2) is 8.42 Å². The highest BCUT2D eigenvalue weighted by molar-refractivity contribution is 7.92. The van der Waals surface area contributed by atoms with E-state index in [0.717, 1.165) is 16.1 Å². The number of aromatic nitrogens is 3. The second-order valence-electron chi connectivity index (χ2n) is 5.47. The summed E-state index contributed by atoms with van der Waals surface area (Å²) in [7, 11) is -3.54. The maximum Gasteiger partial charge on any atom is 0.240 e. The Labute approximate surface area is 141 Å². The van der Waals surface area contributed by atoms with Crippen LogP contribution in [0.2, 0.25) is 0 Å². The van der Waals surface area contributed by atoms with E-state index in [9.17, 15) is 13.2 Å². The second kappa shape index (κ2) is 7.91. The first-order chi connectivity index (χ1) is 11.4. The first-order valence-corrected chi connectivity index (χ1v) is 9.36. The molecule has 0 bridgehead atoms. The van der Waals surface area contributed by atoms with Gasteiger partial charge in [0.25, 0.3) is 0 Å². The number of carbonyl (C=O) groups is 1. The number of rotatable bonds is 8. The number of benzene rings is 1. The van der Waals surface area contributed by atoms with Gasteiger partial charge in [0, 0.05) is 19.3 Å². The van der Waals surface area contributed by atoms with E-state index in [1.807, 2.05) is 19.1 Å². The lowest BCUT2D eigenvalue weighted by Gasteiger charge is -2.22. The van der Waals surface area contributed by atoms with E-state index >= 15 is 0 Å². The molecule has 0 aliphatic carbocycles. The van der Waals surface area contributed by atoms with Crippen molar-refractivity contribution in [2.75, 3.05) is 23.7 Å². The van der Waals surface area contributed by atoms with Gasteiger partial charge in [-0.2, -0.15) is 0 Å². The molecule has 1 aromatic heterocycles. The number of sulfonamides is 1. The average Bonchev–Trinajstić information content (AvgIpc) is 3.02. The molecule has 130 valence electrons. The Morgan fingerprint density at radius 1 is 1.29 bits per heavy atom. The van der Waals surface area contributed by atoms with E-state index in [-0.39, 0.29) is 12.5 Å². The van der Waals surface area contributed by atoms with Gasteiger partial charge in [-0.15, -0.1) is 5.10 Å². The molecule has 0 aliphatic rings. The zero-order valence-corrected chi connectivity index (χ0v) is 14.5. The highest BCUT2D eigenvalue weighted by Gasteiger charge is 2.20. The van der Waals surface area contributed by atoms with Crippen LogP contribution in [0.4, 0.5) is 5.69 Å². The summed E-state index contributed by atoms with van der Waals surface area (Å²) >= 11 is 0. The molecule has 0 atom stereocenters. The van der Waals surface area contributed by atoms with Gasteiger partial charge in [-0.1, -0.05) is 22.9 Å². The highest BCUT2D eigenvalue weighted by Crippen LogP contribution is 2.17. The Hall–Kier alpha value is -2.42. The third-order valence-electron chi connectivity index (χ3n) is 3.37. The summed E-state index contributed by atoms with van der Waals surface area (Å²) in [4.78, 5) is 12.0. The van der Waals surface area contributed by atoms with Gasteiger partial charge in [0.1, 0.15) is 6.54 Å². The van der Waals surface area contributed by atoms with Crippen LogP contribution in [-0.4, -0.2) is 48.7 Å². The Morgan fingerprint density at radius 2 is 2.00 bits per heavy atom. The van der Waals surface area contributed by atoms with Crippen molar-refractivity contribution in [2.24, 2.45) is 0 Å². The number of hydrogen-bond acceptors (Lipinski definition) is 5. The van der Waals surface area contributed by atoms with E-state index in [4.69, 9.17) is 0 Å². The minimum absolute atomic E-state index is 0.245. The van der Waals surface area contributed by atoms with Crippen molar-refractivity contribution in [2.45, 2.75) is 19.9 Å². The minimum atomic E-state index is -3.54. The zero-order chi connectivity index (χ0) is 17.6. The molecular weight excluding hydrogens is 330 g/mol. The molecule has 8 nitrogen and oxygen atoms in total. The molecule has 2 aromatic rings. The van der Waals surface area contributed by atoms with Crippen LogP contribution in [0.5, 0.6) is 0 Å². The van der Waals surface area contributed by atoms with Crippen molar-refractivity contribution in [3.8, 4) is 0 Å². The molecule has 1 amide bonds. The maximum absolute atomic E-state index is 12.0. The van der Waals surface area contributed by atoms with Crippen LogP contribution in [0.15, 0.2) is 36.7 Å². The number of amides is 1. The monoisotopic (exact) mass is 351 g/mol. The largest absolute Gasteiger partial charge is 0.354 e. The van der Waals surface area contributed by atoms with Gasteiger partial charge in [0.05, 0.1) is 18.1 Å². The molecule has 1 aromatic carbocycles. The number of hydrogen-bond donors (Lipinski definition) is 1. The van der Waals surface area contributed by atoms with Crippen LogP contribution < -0.4 is 9.62 Å². The molecule has 0 spiro atoms. The van der Waals surface area contributed by atoms with Crippen molar-refractivity contribution in [3.63, 3.8) is 0 Å². The topological polar surface area (TPSA) is 97.2 Å².